The highest BCUT2D eigenvalue weighted by atomic mass is 32.2. The zero-order valence-electron chi connectivity index (χ0n) is 20.6. The lowest BCUT2D eigenvalue weighted by atomic mass is 10.1. The summed E-state index contributed by atoms with van der Waals surface area (Å²) in [5.74, 6) is 0.775. The van der Waals surface area contributed by atoms with Crippen LogP contribution in [0.2, 0.25) is 0 Å². The van der Waals surface area contributed by atoms with E-state index in [1.54, 1.807) is 73.5 Å². The molecule has 0 saturated carbocycles. The standard InChI is InChI=1S/C24H27N7O4S/c1-15-12-27-19(14-26-15)16(2)17(3)36(32,33)30-24-29-28-23(18-8-7-11-25-13-18)31(24)22-20(34-4)9-6-10-21(22)35-5/h6-14,16-17H,1-5H3,(H,29,30)/t16-,17-/m0/s1. The summed E-state index contributed by atoms with van der Waals surface area (Å²) in [5, 5.41) is 7.61. The number of nitrogens with zero attached hydrogens (tertiary/aromatic N) is 6. The summed E-state index contributed by atoms with van der Waals surface area (Å²) in [6.45, 7) is 5.22. The van der Waals surface area contributed by atoms with Gasteiger partial charge < -0.3 is 9.47 Å². The molecule has 188 valence electrons. The number of para-hydroxylation sites is 1. The summed E-state index contributed by atoms with van der Waals surface area (Å²) in [7, 11) is -0.915. The number of hydrogen-bond donors (Lipinski definition) is 1. The minimum Gasteiger partial charge on any atom is -0.494 e. The maximum absolute atomic E-state index is 13.5. The molecule has 11 nitrogen and oxygen atoms in total. The van der Waals surface area contributed by atoms with E-state index in [1.165, 1.54) is 14.2 Å². The van der Waals surface area contributed by atoms with Gasteiger partial charge in [-0.1, -0.05) is 13.0 Å². The Morgan fingerprint density at radius 2 is 1.67 bits per heavy atom. The van der Waals surface area contributed by atoms with Gasteiger partial charge in [0.15, 0.2) is 5.82 Å². The third-order valence-electron chi connectivity index (χ3n) is 5.90. The van der Waals surface area contributed by atoms with E-state index in [0.29, 0.717) is 34.3 Å². The highest BCUT2D eigenvalue weighted by Crippen LogP contribution is 2.38. The second-order valence-electron chi connectivity index (χ2n) is 8.16. The predicted molar refractivity (Wildman–Crippen MR) is 135 cm³/mol. The summed E-state index contributed by atoms with van der Waals surface area (Å²) in [4.78, 5) is 12.7. The van der Waals surface area contributed by atoms with Crippen molar-refractivity contribution in [3.8, 4) is 28.6 Å². The first-order chi connectivity index (χ1) is 17.3. The number of nitrogens with one attached hydrogen (secondary N) is 1. The fourth-order valence-electron chi connectivity index (χ4n) is 3.66. The van der Waals surface area contributed by atoms with Crippen molar-refractivity contribution in [3.05, 3.63) is 66.5 Å². The van der Waals surface area contributed by atoms with E-state index in [2.05, 4.69) is 29.9 Å². The van der Waals surface area contributed by atoms with Gasteiger partial charge >= 0.3 is 0 Å². The van der Waals surface area contributed by atoms with Crippen LogP contribution in [-0.4, -0.2) is 57.6 Å². The fraction of sp³-hybridized carbons (Fsp3) is 0.292. The molecule has 0 fully saturated rings. The van der Waals surface area contributed by atoms with Crippen LogP contribution in [0.1, 0.15) is 31.2 Å². The van der Waals surface area contributed by atoms with Crippen LogP contribution in [0.15, 0.2) is 55.1 Å². The third-order valence-corrected chi connectivity index (χ3v) is 7.76. The Hall–Kier alpha value is -4.06. The van der Waals surface area contributed by atoms with E-state index in [-0.39, 0.29) is 5.95 Å². The molecule has 36 heavy (non-hydrogen) atoms. The molecule has 0 aliphatic rings. The Labute approximate surface area is 209 Å². The molecule has 0 aliphatic heterocycles. The molecule has 3 heterocycles. The second kappa shape index (κ2) is 10.3. The first kappa shape index (κ1) is 25.0. The van der Waals surface area contributed by atoms with Gasteiger partial charge in [0.25, 0.3) is 0 Å². The number of ether oxygens (including phenoxy) is 2. The number of benzene rings is 1. The van der Waals surface area contributed by atoms with Gasteiger partial charge in [-0.15, -0.1) is 10.2 Å². The molecule has 0 saturated heterocycles. The van der Waals surface area contributed by atoms with Crippen molar-refractivity contribution in [1.29, 1.82) is 0 Å². The van der Waals surface area contributed by atoms with Gasteiger partial charge in [-0.3, -0.25) is 24.2 Å². The number of methoxy groups -OCH3 is 2. The maximum atomic E-state index is 13.5. The summed E-state index contributed by atoms with van der Waals surface area (Å²) < 4.78 is 42.3. The van der Waals surface area contributed by atoms with Gasteiger partial charge in [-0.25, -0.2) is 8.42 Å². The normalized spacial score (nSPS) is 13.1. The molecule has 1 aromatic carbocycles. The molecule has 0 unspecified atom stereocenters. The number of pyridine rings is 1. The lowest BCUT2D eigenvalue weighted by molar-refractivity contribution is 0.391. The van der Waals surface area contributed by atoms with Crippen LogP contribution in [0.5, 0.6) is 11.5 Å². The van der Waals surface area contributed by atoms with Crippen LogP contribution in [0.4, 0.5) is 5.95 Å². The van der Waals surface area contributed by atoms with Gasteiger partial charge in [0, 0.05) is 36.3 Å². The molecule has 4 aromatic rings. The van der Waals surface area contributed by atoms with Crippen LogP contribution in [0.3, 0.4) is 0 Å². The van der Waals surface area contributed by atoms with E-state index in [0.717, 1.165) is 5.69 Å². The Bertz CT molecular complexity index is 1420. The molecule has 0 amide bonds. The number of aryl methyl sites for hydroxylation is 1. The van der Waals surface area contributed by atoms with Crippen molar-refractivity contribution in [2.45, 2.75) is 31.9 Å². The lowest BCUT2D eigenvalue weighted by Crippen LogP contribution is -2.31. The van der Waals surface area contributed by atoms with E-state index < -0.39 is 21.2 Å². The molecule has 3 aromatic heterocycles. The minimum absolute atomic E-state index is 0.0225. The Morgan fingerprint density at radius 1 is 0.944 bits per heavy atom. The number of sulfonamides is 1. The zero-order valence-corrected chi connectivity index (χ0v) is 21.4. The van der Waals surface area contributed by atoms with E-state index in [1.807, 2.05) is 6.92 Å². The first-order valence-electron chi connectivity index (χ1n) is 11.1. The average molecular weight is 510 g/mol. The van der Waals surface area contributed by atoms with Gasteiger partial charge in [0.05, 0.1) is 30.9 Å². The highest BCUT2D eigenvalue weighted by molar-refractivity contribution is 7.93. The molecule has 12 heteroatoms. The highest BCUT2D eigenvalue weighted by Gasteiger charge is 2.32. The van der Waals surface area contributed by atoms with Crippen molar-refractivity contribution >= 4 is 16.0 Å². The van der Waals surface area contributed by atoms with Gasteiger partial charge in [-0.05, 0) is 38.1 Å². The molecule has 0 bridgehead atoms. The summed E-state index contributed by atoms with van der Waals surface area (Å²) >= 11 is 0. The van der Waals surface area contributed by atoms with E-state index >= 15 is 0 Å². The van der Waals surface area contributed by atoms with Gasteiger partial charge in [-0.2, -0.15) is 0 Å². The van der Waals surface area contributed by atoms with Crippen molar-refractivity contribution < 1.29 is 17.9 Å². The SMILES string of the molecule is COc1cccc(OC)c1-n1c(NS(=O)(=O)[C@@H](C)[C@H](C)c2cnc(C)cn2)nnc1-c1cccnc1. The van der Waals surface area contributed by atoms with E-state index in [4.69, 9.17) is 9.47 Å². The molecule has 2 atom stereocenters. The lowest BCUT2D eigenvalue weighted by Gasteiger charge is -2.21. The number of anilines is 1. The fourth-order valence-corrected chi connectivity index (χ4v) is 4.91. The van der Waals surface area contributed by atoms with Crippen molar-refractivity contribution in [2.75, 3.05) is 18.9 Å². The first-order valence-corrected chi connectivity index (χ1v) is 12.7. The van der Waals surface area contributed by atoms with Crippen LogP contribution in [0.25, 0.3) is 17.1 Å². The van der Waals surface area contributed by atoms with E-state index in [9.17, 15) is 8.42 Å². The quantitative estimate of drug-likeness (QED) is 0.360. The molecule has 0 radical (unpaired) electrons. The Balaban J connectivity index is 1.81. The summed E-state index contributed by atoms with van der Waals surface area (Å²) in [6, 6.07) is 8.80. The van der Waals surface area contributed by atoms with Crippen molar-refractivity contribution in [2.24, 2.45) is 0 Å². The summed E-state index contributed by atoms with van der Waals surface area (Å²) in [5.41, 5.74) is 2.39. The third kappa shape index (κ3) is 4.85. The number of rotatable bonds is 9. The average Bonchev–Trinajstić information content (AvgIpc) is 3.30. The maximum Gasteiger partial charge on any atom is 0.243 e. The second-order valence-corrected chi connectivity index (χ2v) is 10.2. The Morgan fingerprint density at radius 3 is 2.25 bits per heavy atom. The van der Waals surface area contributed by atoms with Crippen LogP contribution >= 0.6 is 0 Å². The minimum atomic E-state index is -3.95. The monoisotopic (exact) mass is 509 g/mol. The number of hydrogen-bond acceptors (Lipinski definition) is 9. The molecule has 0 aliphatic carbocycles. The van der Waals surface area contributed by atoms with Crippen molar-refractivity contribution in [1.82, 2.24) is 29.7 Å². The summed E-state index contributed by atoms with van der Waals surface area (Å²) in [6.07, 6.45) is 6.45. The van der Waals surface area contributed by atoms with Crippen molar-refractivity contribution in [3.63, 3.8) is 0 Å². The zero-order chi connectivity index (χ0) is 25.9. The van der Waals surface area contributed by atoms with Gasteiger partial charge in [0.2, 0.25) is 16.0 Å². The smallest absolute Gasteiger partial charge is 0.243 e. The topological polar surface area (TPSA) is 134 Å². The van der Waals surface area contributed by atoms with Crippen LogP contribution < -0.4 is 14.2 Å². The molecule has 1 N–H and O–H groups in total. The van der Waals surface area contributed by atoms with Gasteiger partial charge in [0.1, 0.15) is 17.2 Å². The predicted octanol–water partition coefficient (Wildman–Crippen LogP) is 3.38. The number of aromatic nitrogens is 6. The molecular formula is C24H27N7O4S. The van der Waals surface area contributed by atoms with Crippen LogP contribution in [-0.2, 0) is 10.0 Å². The Kier molecular flexibility index (Phi) is 7.15. The van der Waals surface area contributed by atoms with Crippen LogP contribution in [0, 0.1) is 6.92 Å². The molecule has 4 rings (SSSR count). The largest absolute Gasteiger partial charge is 0.494 e. The molecular weight excluding hydrogens is 482 g/mol. The molecule has 0 spiro atoms.